The minimum atomic E-state index is -3.63. The van der Waals surface area contributed by atoms with Crippen LogP contribution in [0.2, 0.25) is 0 Å². The van der Waals surface area contributed by atoms with Gasteiger partial charge in [-0.2, -0.15) is 0 Å². The number of amides is 1. The number of carbonyl (C=O) groups is 1. The monoisotopic (exact) mass is 365 g/mol. The van der Waals surface area contributed by atoms with Crippen LogP contribution in [0.1, 0.15) is 48.7 Å². The van der Waals surface area contributed by atoms with Crippen molar-refractivity contribution in [1.29, 1.82) is 0 Å². The number of nitrogens with zero attached hydrogens (tertiary/aromatic N) is 1. The summed E-state index contributed by atoms with van der Waals surface area (Å²) >= 11 is 1.39. The Morgan fingerprint density at radius 3 is 2.75 bits per heavy atom. The molecule has 0 aliphatic heterocycles. The number of sulfonamides is 1. The fraction of sp³-hybridized carbons (Fsp3) is 0.375. The van der Waals surface area contributed by atoms with E-state index in [2.05, 4.69) is 15.0 Å². The van der Waals surface area contributed by atoms with Gasteiger partial charge in [-0.15, -0.1) is 11.3 Å². The van der Waals surface area contributed by atoms with Crippen molar-refractivity contribution in [1.82, 2.24) is 9.71 Å². The van der Waals surface area contributed by atoms with Gasteiger partial charge in [0.2, 0.25) is 10.0 Å². The van der Waals surface area contributed by atoms with Crippen molar-refractivity contribution in [3.05, 3.63) is 40.9 Å². The van der Waals surface area contributed by atoms with Crippen LogP contribution in [0.3, 0.4) is 0 Å². The molecule has 24 heavy (non-hydrogen) atoms. The third-order valence-electron chi connectivity index (χ3n) is 3.54. The third kappa shape index (κ3) is 4.00. The van der Waals surface area contributed by atoms with Gasteiger partial charge >= 0.3 is 0 Å². The van der Waals surface area contributed by atoms with Gasteiger partial charge in [0.15, 0.2) is 5.13 Å². The molecule has 6 nitrogen and oxygen atoms in total. The average Bonchev–Trinajstić information content (AvgIpc) is 3.26. The van der Waals surface area contributed by atoms with Crippen LogP contribution in [0.25, 0.3) is 0 Å². The van der Waals surface area contributed by atoms with Crippen LogP contribution >= 0.6 is 11.3 Å². The van der Waals surface area contributed by atoms with E-state index in [1.165, 1.54) is 23.5 Å². The summed E-state index contributed by atoms with van der Waals surface area (Å²) in [7, 11) is -3.63. The SMILES string of the molecule is CC(C)NS(=O)(=O)c1cccc(C(=O)Nc2nc(C3CC3)cs2)c1. The average molecular weight is 365 g/mol. The van der Waals surface area contributed by atoms with E-state index in [1.54, 1.807) is 26.0 Å². The molecule has 0 spiro atoms. The Hall–Kier alpha value is -1.77. The van der Waals surface area contributed by atoms with Crippen LogP contribution in [0, 0.1) is 0 Å². The zero-order valence-corrected chi connectivity index (χ0v) is 15.1. The van der Waals surface area contributed by atoms with Gasteiger partial charge < -0.3 is 0 Å². The highest BCUT2D eigenvalue weighted by molar-refractivity contribution is 7.89. The number of anilines is 1. The van der Waals surface area contributed by atoms with Gasteiger partial charge in [0.1, 0.15) is 0 Å². The standard InChI is InChI=1S/C16H19N3O3S2/c1-10(2)19-24(21,22)13-5-3-4-12(8-13)15(20)18-16-17-14(9-23-16)11-6-7-11/h3-5,8-11,19H,6-7H2,1-2H3,(H,17,18,20). The Bertz CT molecular complexity index is 855. The molecule has 0 unspecified atom stereocenters. The molecule has 1 aliphatic carbocycles. The first kappa shape index (κ1) is 17.1. The Morgan fingerprint density at radius 2 is 2.08 bits per heavy atom. The number of nitrogens with one attached hydrogen (secondary N) is 2. The summed E-state index contributed by atoms with van der Waals surface area (Å²) in [5.74, 6) is 0.163. The van der Waals surface area contributed by atoms with Crippen molar-refractivity contribution < 1.29 is 13.2 Å². The lowest BCUT2D eigenvalue weighted by Gasteiger charge is -2.10. The van der Waals surface area contributed by atoms with E-state index in [1.807, 2.05) is 5.38 Å². The maximum atomic E-state index is 12.4. The minimum absolute atomic E-state index is 0.0710. The first-order valence-corrected chi connectivity index (χ1v) is 10.1. The molecule has 0 atom stereocenters. The van der Waals surface area contributed by atoms with E-state index in [0.717, 1.165) is 18.5 Å². The van der Waals surface area contributed by atoms with Crippen molar-refractivity contribution in [2.24, 2.45) is 0 Å². The van der Waals surface area contributed by atoms with Crippen LogP contribution in [0.5, 0.6) is 0 Å². The topological polar surface area (TPSA) is 88.2 Å². The Labute approximate surface area is 145 Å². The Morgan fingerprint density at radius 1 is 1.33 bits per heavy atom. The van der Waals surface area contributed by atoms with Gasteiger partial charge in [-0.3, -0.25) is 10.1 Å². The molecule has 1 aliphatic rings. The number of thiazole rings is 1. The maximum Gasteiger partial charge on any atom is 0.257 e. The molecule has 1 fully saturated rings. The molecule has 2 N–H and O–H groups in total. The molecule has 1 saturated carbocycles. The zero-order valence-electron chi connectivity index (χ0n) is 13.4. The molecule has 128 valence electrons. The number of hydrogen-bond acceptors (Lipinski definition) is 5. The largest absolute Gasteiger partial charge is 0.298 e. The molecule has 1 heterocycles. The predicted molar refractivity (Wildman–Crippen MR) is 93.9 cm³/mol. The normalized spacial score (nSPS) is 14.8. The van der Waals surface area contributed by atoms with Crippen molar-refractivity contribution >= 4 is 32.4 Å². The molecular formula is C16H19N3O3S2. The molecule has 1 amide bonds. The maximum absolute atomic E-state index is 12.4. The Kier molecular flexibility index (Phi) is 4.71. The Balaban J connectivity index is 1.76. The number of rotatable bonds is 6. The lowest BCUT2D eigenvalue weighted by atomic mass is 10.2. The van der Waals surface area contributed by atoms with Crippen molar-refractivity contribution in [3.63, 3.8) is 0 Å². The van der Waals surface area contributed by atoms with Gasteiger partial charge in [0.05, 0.1) is 10.6 Å². The molecule has 0 saturated heterocycles. The van der Waals surface area contributed by atoms with Gasteiger partial charge in [-0.1, -0.05) is 6.07 Å². The van der Waals surface area contributed by atoms with Crippen LogP contribution in [-0.4, -0.2) is 25.4 Å². The van der Waals surface area contributed by atoms with Crippen LogP contribution in [-0.2, 0) is 10.0 Å². The molecule has 1 aromatic heterocycles. The van der Waals surface area contributed by atoms with Crippen LogP contribution in [0.4, 0.5) is 5.13 Å². The van der Waals surface area contributed by atoms with Gasteiger partial charge in [-0.25, -0.2) is 18.1 Å². The van der Waals surface area contributed by atoms with E-state index in [-0.39, 0.29) is 22.4 Å². The summed E-state index contributed by atoms with van der Waals surface area (Å²) < 4.78 is 26.9. The molecule has 1 aromatic carbocycles. The lowest BCUT2D eigenvalue weighted by molar-refractivity contribution is 0.102. The van der Waals surface area contributed by atoms with E-state index >= 15 is 0 Å². The highest BCUT2D eigenvalue weighted by Gasteiger charge is 2.26. The first-order valence-electron chi connectivity index (χ1n) is 7.74. The summed E-state index contributed by atoms with van der Waals surface area (Å²) in [5, 5.41) is 5.23. The van der Waals surface area contributed by atoms with Gasteiger partial charge in [0.25, 0.3) is 5.91 Å². The molecule has 8 heteroatoms. The predicted octanol–water partition coefficient (Wildman–Crippen LogP) is 2.96. The first-order chi connectivity index (χ1) is 11.3. The molecule has 0 radical (unpaired) electrons. The summed E-state index contributed by atoms with van der Waals surface area (Å²) in [6.45, 7) is 3.49. The smallest absolute Gasteiger partial charge is 0.257 e. The fourth-order valence-corrected chi connectivity index (χ4v) is 4.35. The van der Waals surface area contributed by atoms with Crippen molar-refractivity contribution in [2.75, 3.05) is 5.32 Å². The second-order valence-electron chi connectivity index (χ2n) is 6.11. The number of carbonyl (C=O) groups excluding carboxylic acids is 1. The molecule has 3 rings (SSSR count). The number of hydrogen-bond donors (Lipinski definition) is 2. The van der Waals surface area contributed by atoms with E-state index < -0.39 is 10.0 Å². The highest BCUT2D eigenvalue weighted by Crippen LogP contribution is 2.40. The summed E-state index contributed by atoms with van der Waals surface area (Å²) in [4.78, 5) is 16.8. The second kappa shape index (κ2) is 6.62. The van der Waals surface area contributed by atoms with E-state index in [4.69, 9.17) is 0 Å². The van der Waals surface area contributed by atoms with Crippen molar-refractivity contribution in [3.8, 4) is 0 Å². The molecule has 0 bridgehead atoms. The molecular weight excluding hydrogens is 346 g/mol. The summed E-state index contributed by atoms with van der Waals surface area (Å²) in [6.07, 6.45) is 2.31. The number of aromatic nitrogens is 1. The van der Waals surface area contributed by atoms with E-state index in [9.17, 15) is 13.2 Å². The van der Waals surface area contributed by atoms with E-state index in [0.29, 0.717) is 11.0 Å². The van der Waals surface area contributed by atoms with Gasteiger partial charge in [0, 0.05) is 22.9 Å². The second-order valence-corrected chi connectivity index (χ2v) is 8.68. The summed E-state index contributed by atoms with van der Waals surface area (Å²) in [5.41, 5.74) is 1.30. The quantitative estimate of drug-likeness (QED) is 0.824. The van der Waals surface area contributed by atoms with Crippen LogP contribution < -0.4 is 10.0 Å². The van der Waals surface area contributed by atoms with Gasteiger partial charge in [-0.05, 0) is 44.9 Å². The number of benzene rings is 1. The third-order valence-corrected chi connectivity index (χ3v) is 5.97. The van der Waals surface area contributed by atoms with Crippen molar-refractivity contribution in [2.45, 2.75) is 43.5 Å². The molecule has 2 aromatic rings. The fourth-order valence-electron chi connectivity index (χ4n) is 2.26. The zero-order chi connectivity index (χ0) is 17.3. The van der Waals surface area contributed by atoms with Crippen LogP contribution in [0.15, 0.2) is 34.5 Å². The summed E-state index contributed by atoms with van der Waals surface area (Å²) in [6, 6.07) is 5.76. The highest BCUT2D eigenvalue weighted by atomic mass is 32.2. The minimum Gasteiger partial charge on any atom is -0.298 e. The lowest BCUT2D eigenvalue weighted by Crippen LogP contribution is -2.30.